The van der Waals surface area contributed by atoms with Crippen LogP contribution in [-0.2, 0) is 0 Å². The molecule has 2 aromatic rings. The molecule has 0 fully saturated rings. The van der Waals surface area contributed by atoms with Crippen LogP contribution in [0.1, 0.15) is 22.3 Å². The summed E-state index contributed by atoms with van der Waals surface area (Å²) in [7, 11) is 0. The zero-order chi connectivity index (χ0) is 13.7. The first kappa shape index (κ1) is 13.4. The van der Waals surface area contributed by atoms with Crippen molar-refractivity contribution in [3.05, 3.63) is 58.7 Å². The Bertz CT molecular complexity index is 606. The van der Waals surface area contributed by atoms with E-state index in [1.807, 2.05) is 31.2 Å². The Morgan fingerprint density at radius 1 is 1.37 bits per heavy atom. The number of carbonyl (C=O) groups is 1. The second-order valence-electron chi connectivity index (χ2n) is 4.14. The molecule has 0 atom stereocenters. The van der Waals surface area contributed by atoms with Gasteiger partial charge in [0.05, 0.1) is 5.02 Å². The molecule has 0 aliphatic carbocycles. The summed E-state index contributed by atoms with van der Waals surface area (Å²) in [5.41, 5.74) is 1.78. The maximum atomic E-state index is 11.9. The number of ketones is 1. The topological polar surface area (TPSA) is 42.3 Å². The molecule has 0 bridgehead atoms. The largest absolute Gasteiger partial charge is 0.294 e. The van der Waals surface area contributed by atoms with E-state index in [2.05, 4.69) is 9.98 Å². The van der Waals surface area contributed by atoms with Crippen LogP contribution in [0.25, 0.3) is 0 Å². The fourth-order valence-electron chi connectivity index (χ4n) is 1.60. The molecule has 2 rings (SSSR count). The van der Waals surface area contributed by atoms with Crippen molar-refractivity contribution in [2.45, 2.75) is 13.3 Å². The van der Waals surface area contributed by atoms with Crippen molar-refractivity contribution in [1.82, 2.24) is 4.98 Å². The van der Waals surface area contributed by atoms with Gasteiger partial charge in [-0.05, 0) is 25.1 Å². The molecule has 0 spiro atoms. The van der Waals surface area contributed by atoms with Crippen molar-refractivity contribution < 1.29 is 4.79 Å². The molecule has 0 aliphatic rings. The van der Waals surface area contributed by atoms with Crippen LogP contribution in [0.3, 0.4) is 0 Å². The summed E-state index contributed by atoms with van der Waals surface area (Å²) in [5.74, 6) is 0.586. The Kier molecular flexibility index (Phi) is 4.42. The molecule has 1 heterocycles. The molecule has 19 heavy (non-hydrogen) atoms. The van der Waals surface area contributed by atoms with Crippen molar-refractivity contribution in [1.29, 1.82) is 0 Å². The molecule has 96 valence electrons. The predicted molar refractivity (Wildman–Crippen MR) is 77.5 cm³/mol. The van der Waals surface area contributed by atoms with E-state index in [1.54, 1.807) is 18.3 Å². The minimum absolute atomic E-state index is 0.0430. The highest BCUT2D eigenvalue weighted by Crippen LogP contribution is 2.12. The van der Waals surface area contributed by atoms with Gasteiger partial charge >= 0.3 is 0 Å². The van der Waals surface area contributed by atoms with Crippen LogP contribution in [0.5, 0.6) is 0 Å². The van der Waals surface area contributed by atoms with E-state index in [-0.39, 0.29) is 12.2 Å². The number of nitrogens with zero attached hydrogens (tertiary/aromatic N) is 2. The van der Waals surface area contributed by atoms with Crippen LogP contribution >= 0.6 is 11.6 Å². The molecule has 0 N–H and O–H groups in total. The normalized spacial score (nSPS) is 10.8. The predicted octanol–water partition coefficient (Wildman–Crippen LogP) is 4.02. The number of carbonyl (C=O) groups excluding carboxylic acids is 1. The van der Waals surface area contributed by atoms with Gasteiger partial charge in [-0.2, -0.15) is 0 Å². The van der Waals surface area contributed by atoms with Crippen molar-refractivity contribution in [2.75, 3.05) is 0 Å². The van der Waals surface area contributed by atoms with E-state index in [0.717, 1.165) is 5.56 Å². The Morgan fingerprint density at radius 3 is 2.89 bits per heavy atom. The fourth-order valence-corrected chi connectivity index (χ4v) is 1.71. The van der Waals surface area contributed by atoms with Gasteiger partial charge in [-0.15, -0.1) is 0 Å². The lowest BCUT2D eigenvalue weighted by atomic mass is 10.1. The summed E-state index contributed by atoms with van der Waals surface area (Å²) in [6.07, 6.45) is 3.35. The number of aryl methyl sites for hydroxylation is 1. The quantitative estimate of drug-likeness (QED) is 0.623. The van der Waals surface area contributed by atoms with E-state index in [4.69, 9.17) is 11.6 Å². The highest BCUT2D eigenvalue weighted by atomic mass is 35.5. The summed E-state index contributed by atoms with van der Waals surface area (Å²) in [5, 5.41) is 0.565. The van der Waals surface area contributed by atoms with Crippen molar-refractivity contribution in [3.63, 3.8) is 0 Å². The van der Waals surface area contributed by atoms with Crippen molar-refractivity contribution >= 4 is 29.4 Å². The monoisotopic (exact) mass is 272 g/mol. The third-order valence-corrected chi connectivity index (χ3v) is 2.78. The molecule has 0 unspecified atom stereocenters. The van der Waals surface area contributed by atoms with Crippen LogP contribution in [-0.4, -0.2) is 17.0 Å². The van der Waals surface area contributed by atoms with E-state index in [0.29, 0.717) is 16.4 Å². The second kappa shape index (κ2) is 6.25. The van der Waals surface area contributed by atoms with E-state index >= 15 is 0 Å². The van der Waals surface area contributed by atoms with Gasteiger partial charge in [0.2, 0.25) is 0 Å². The molecule has 0 radical (unpaired) electrons. The lowest BCUT2D eigenvalue weighted by molar-refractivity contribution is 0.100. The zero-order valence-corrected chi connectivity index (χ0v) is 11.3. The summed E-state index contributed by atoms with van der Waals surface area (Å²) in [4.78, 5) is 20.0. The molecule has 0 amide bonds. The summed E-state index contributed by atoms with van der Waals surface area (Å²) in [6, 6.07) is 10.9. The summed E-state index contributed by atoms with van der Waals surface area (Å²) >= 11 is 5.72. The molecular weight excluding hydrogens is 260 g/mol. The van der Waals surface area contributed by atoms with Gasteiger partial charge in [0.1, 0.15) is 0 Å². The fraction of sp³-hybridized carbons (Fsp3) is 0.133. The first-order valence-corrected chi connectivity index (χ1v) is 6.27. The van der Waals surface area contributed by atoms with Crippen molar-refractivity contribution in [3.8, 4) is 0 Å². The number of aromatic nitrogens is 1. The van der Waals surface area contributed by atoms with E-state index in [9.17, 15) is 4.79 Å². The number of aliphatic imine (C=N–C) groups is 1. The number of halogens is 1. The van der Waals surface area contributed by atoms with Gasteiger partial charge in [0, 0.05) is 24.4 Å². The molecule has 1 aromatic heterocycles. The van der Waals surface area contributed by atoms with Crippen LogP contribution in [0.15, 0.2) is 47.6 Å². The molecular formula is C15H13ClN2O. The summed E-state index contributed by atoms with van der Waals surface area (Å²) < 4.78 is 0. The Hall–Kier alpha value is -2.00. The van der Waals surface area contributed by atoms with Crippen LogP contribution in [0, 0.1) is 6.92 Å². The van der Waals surface area contributed by atoms with E-state index < -0.39 is 0 Å². The van der Waals surface area contributed by atoms with Gasteiger partial charge < -0.3 is 0 Å². The first-order chi connectivity index (χ1) is 9.15. The minimum Gasteiger partial charge on any atom is -0.294 e. The van der Waals surface area contributed by atoms with Crippen LogP contribution < -0.4 is 0 Å². The third-order valence-electron chi connectivity index (χ3n) is 2.55. The number of Topliss-reactive ketones (excluding diaryl/α,β-unsaturated/α-hetero) is 1. The highest BCUT2D eigenvalue weighted by molar-refractivity contribution is 6.30. The first-order valence-electron chi connectivity index (χ1n) is 5.89. The smallest absolute Gasteiger partial charge is 0.168 e. The maximum Gasteiger partial charge on any atom is 0.168 e. The second-order valence-corrected chi connectivity index (χ2v) is 4.58. The standard InChI is InChI=1S/C15H13ClN2O/c1-11-3-2-4-12(9-11)14(19)7-8-17-15-6-5-13(16)10-18-15/h2-6,8-10H,7H2,1H3. The number of benzene rings is 1. The molecule has 0 aliphatic heterocycles. The van der Waals surface area contributed by atoms with Gasteiger partial charge in [-0.3, -0.25) is 4.79 Å². The van der Waals surface area contributed by atoms with Gasteiger partial charge in [0.25, 0.3) is 0 Å². The molecule has 1 aromatic carbocycles. The third kappa shape index (κ3) is 4.00. The van der Waals surface area contributed by atoms with E-state index in [1.165, 1.54) is 6.20 Å². The number of pyridine rings is 1. The molecule has 0 saturated heterocycles. The van der Waals surface area contributed by atoms with Crippen molar-refractivity contribution in [2.24, 2.45) is 4.99 Å². The Labute approximate surface area is 117 Å². The number of hydrogen-bond donors (Lipinski definition) is 0. The average molecular weight is 273 g/mol. The van der Waals surface area contributed by atoms with Crippen LogP contribution in [0.4, 0.5) is 5.82 Å². The SMILES string of the molecule is Cc1cccc(C(=O)CC=Nc2ccc(Cl)cn2)c1. The van der Waals surface area contributed by atoms with Crippen LogP contribution in [0.2, 0.25) is 5.02 Å². The molecule has 4 heteroatoms. The Balaban J connectivity index is 1.98. The molecule has 3 nitrogen and oxygen atoms in total. The molecule has 0 saturated carbocycles. The highest BCUT2D eigenvalue weighted by Gasteiger charge is 2.03. The maximum absolute atomic E-state index is 11.9. The zero-order valence-electron chi connectivity index (χ0n) is 10.5. The van der Waals surface area contributed by atoms with Gasteiger partial charge in [-0.25, -0.2) is 9.98 Å². The van der Waals surface area contributed by atoms with Gasteiger partial charge in [-0.1, -0.05) is 35.4 Å². The summed E-state index contributed by atoms with van der Waals surface area (Å²) in [6.45, 7) is 1.96. The minimum atomic E-state index is 0.0430. The lowest BCUT2D eigenvalue weighted by Gasteiger charge is -1.98. The van der Waals surface area contributed by atoms with Gasteiger partial charge in [0.15, 0.2) is 11.6 Å². The Morgan fingerprint density at radius 2 is 2.21 bits per heavy atom. The lowest BCUT2D eigenvalue weighted by Crippen LogP contribution is -1.99. The number of rotatable bonds is 4. The number of hydrogen-bond acceptors (Lipinski definition) is 3. The average Bonchev–Trinajstić information content (AvgIpc) is 2.41.